The van der Waals surface area contributed by atoms with E-state index in [1.807, 2.05) is 6.92 Å². The molecule has 0 bridgehead atoms. The number of carbonyl (C=O) groups is 2. The van der Waals surface area contributed by atoms with Crippen LogP contribution in [0.25, 0.3) is 0 Å². The Morgan fingerprint density at radius 3 is 1.59 bits per heavy atom. The molecule has 1 rings (SSSR count). The third-order valence-corrected chi connectivity index (χ3v) is 1.74. The zero-order valence-electron chi connectivity index (χ0n) is 10.2. The maximum atomic E-state index is 11.2. The molecule has 4 heteroatoms. The van der Waals surface area contributed by atoms with E-state index < -0.39 is 11.9 Å². The Labute approximate surface area is 101 Å². The lowest BCUT2D eigenvalue weighted by Crippen LogP contribution is -2.11. The lowest BCUT2D eigenvalue weighted by atomic mass is 10.1. The van der Waals surface area contributed by atoms with Crippen LogP contribution in [0, 0.1) is 0 Å². The summed E-state index contributed by atoms with van der Waals surface area (Å²) in [5, 5.41) is 0. The lowest BCUT2D eigenvalue weighted by molar-refractivity contribution is 0.0555. The number of esters is 2. The topological polar surface area (TPSA) is 52.6 Å². The van der Waals surface area contributed by atoms with Crippen LogP contribution in [0.15, 0.2) is 36.9 Å². The molecule has 0 saturated carbocycles. The average Bonchev–Trinajstić information content (AvgIpc) is 2.37. The molecule has 0 atom stereocenters. The molecule has 4 nitrogen and oxygen atoms in total. The predicted octanol–water partition coefficient (Wildman–Crippen LogP) is 2.45. The minimum Gasteiger partial charge on any atom is -0.465 e. The monoisotopic (exact) mass is 236 g/mol. The molecule has 92 valence electrons. The van der Waals surface area contributed by atoms with Crippen LogP contribution in [0.4, 0.5) is 0 Å². The van der Waals surface area contributed by atoms with Gasteiger partial charge in [-0.05, 0) is 19.1 Å². The number of allylic oxidation sites excluding steroid dienone is 1. The van der Waals surface area contributed by atoms with Crippen molar-refractivity contribution < 1.29 is 19.1 Å². The maximum Gasteiger partial charge on any atom is 0.338 e. The number of ether oxygens (including phenoxy) is 2. The summed E-state index contributed by atoms with van der Waals surface area (Å²) in [7, 11) is 2.52. The van der Waals surface area contributed by atoms with Gasteiger partial charge in [-0.15, -0.1) is 6.58 Å². The van der Waals surface area contributed by atoms with E-state index in [4.69, 9.17) is 0 Å². The van der Waals surface area contributed by atoms with Crippen molar-refractivity contribution in [2.75, 3.05) is 14.2 Å². The standard InChI is InChI=1S/C10H10O4.C3H6/c1-13-9(11)7-5-3-4-6-8(7)10(12)14-2;1-3-2/h3-6H,1-2H3;3H,1H2,2H3. The highest BCUT2D eigenvalue weighted by atomic mass is 16.5. The molecule has 0 unspecified atom stereocenters. The molecule has 0 amide bonds. The second kappa shape index (κ2) is 8.10. The van der Waals surface area contributed by atoms with E-state index in [9.17, 15) is 9.59 Å². The van der Waals surface area contributed by atoms with Crippen molar-refractivity contribution in [2.24, 2.45) is 0 Å². The molecule has 0 fully saturated rings. The normalized spacial score (nSPS) is 8.41. The van der Waals surface area contributed by atoms with Crippen molar-refractivity contribution in [3.63, 3.8) is 0 Å². The first-order valence-electron chi connectivity index (χ1n) is 4.95. The van der Waals surface area contributed by atoms with Gasteiger partial charge in [-0.3, -0.25) is 0 Å². The van der Waals surface area contributed by atoms with Gasteiger partial charge < -0.3 is 9.47 Å². The van der Waals surface area contributed by atoms with Crippen LogP contribution >= 0.6 is 0 Å². The third kappa shape index (κ3) is 4.51. The molecule has 1 aromatic carbocycles. The SMILES string of the molecule is C=CC.COC(=O)c1ccccc1C(=O)OC. The van der Waals surface area contributed by atoms with Crippen LogP contribution in [-0.4, -0.2) is 26.2 Å². The van der Waals surface area contributed by atoms with Crippen molar-refractivity contribution in [1.82, 2.24) is 0 Å². The molecule has 0 radical (unpaired) electrons. The van der Waals surface area contributed by atoms with Crippen molar-refractivity contribution >= 4 is 11.9 Å². The second-order valence-electron chi connectivity index (χ2n) is 2.94. The Balaban J connectivity index is 0.000000770. The summed E-state index contributed by atoms with van der Waals surface area (Å²) < 4.78 is 9.05. The summed E-state index contributed by atoms with van der Waals surface area (Å²) in [5.41, 5.74) is 0.420. The minimum absolute atomic E-state index is 0.210. The molecule has 0 spiro atoms. The molecule has 0 saturated heterocycles. The Bertz CT molecular complexity index is 361. The highest BCUT2D eigenvalue weighted by Crippen LogP contribution is 2.10. The van der Waals surface area contributed by atoms with E-state index in [0.29, 0.717) is 0 Å². The summed E-state index contributed by atoms with van der Waals surface area (Å²) in [5.74, 6) is -1.10. The van der Waals surface area contributed by atoms with Crippen LogP contribution < -0.4 is 0 Å². The molecule has 17 heavy (non-hydrogen) atoms. The van der Waals surface area contributed by atoms with Gasteiger partial charge in [-0.25, -0.2) is 9.59 Å². The first kappa shape index (κ1) is 14.9. The molecule has 0 heterocycles. The number of methoxy groups -OCH3 is 2. The fourth-order valence-electron chi connectivity index (χ4n) is 1.06. The fourth-order valence-corrected chi connectivity index (χ4v) is 1.06. The van der Waals surface area contributed by atoms with Gasteiger partial charge in [0.1, 0.15) is 0 Å². The van der Waals surface area contributed by atoms with Crippen molar-refractivity contribution in [3.05, 3.63) is 48.0 Å². The van der Waals surface area contributed by atoms with E-state index in [1.165, 1.54) is 26.4 Å². The van der Waals surface area contributed by atoms with Crippen LogP contribution in [0.2, 0.25) is 0 Å². The highest BCUT2D eigenvalue weighted by Gasteiger charge is 2.16. The Kier molecular flexibility index (Phi) is 7.10. The van der Waals surface area contributed by atoms with Gasteiger partial charge in [0.15, 0.2) is 0 Å². The Morgan fingerprint density at radius 1 is 1.06 bits per heavy atom. The van der Waals surface area contributed by atoms with Gasteiger partial charge in [0, 0.05) is 0 Å². The summed E-state index contributed by atoms with van der Waals surface area (Å²) in [6.45, 7) is 5.25. The lowest BCUT2D eigenvalue weighted by Gasteiger charge is -2.04. The quantitative estimate of drug-likeness (QED) is 0.584. The minimum atomic E-state index is -0.550. The number of carbonyl (C=O) groups excluding carboxylic acids is 2. The molecule has 0 aliphatic heterocycles. The zero-order chi connectivity index (χ0) is 13.3. The fraction of sp³-hybridized carbons (Fsp3) is 0.231. The number of rotatable bonds is 2. The van der Waals surface area contributed by atoms with Crippen LogP contribution in [0.1, 0.15) is 27.6 Å². The second-order valence-corrected chi connectivity index (χ2v) is 2.94. The number of hydrogen-bond acceptors (Lipinski definition) is 4. The Hall–Kier alpha value is -2.10. The van der Waals surface area contributed by atoms with Crippen molar-refractivity contribution in [1.29, 1.82) is 0 Å². The molecular formula is C13H16O4. The molecular weight excluding hydrogens is 220 g/mol. The van der Waals surface area contributed by atoms with Crippen LogP contribution in [0.3, 0.4) is 0 Å². The van der Waals surface area contributed by atoms with E-state index in [1.54, 1.807) is 18.2 Å². The van der Waals surface area contributed by atoms with Crippen molar-refractivity contribution in [3.8, 4) is 0 Å². The largest absolute Gasteiger partial charge is 0.465 e. The van der Waals surface area contributed by atoms with E-state index >= 15 is 0 Å². The first-order valence-corrected chi connectivity index (χ1v) is 4.95. The van der Waals surface area contributed by atoms with Crippen LogP contribution in [-0.2, 0) is 9.47 Å². The Morgan fingerprint density at radius 2 is 1.35 bits per heavy atom. The summed E-state index contributed by atoms with van der Waals surface area (Å²) in [6, 6.07) is 6.33. The molecule has 1 aromatic rings. The molecule has 0 aliphatic rings. The van der Waals surface area contributed by atoms with Gasteiger partial charge in [0.05, 0.1) is 25.3 Å². The predicted molar refractivity (Wildman–Crippen MR) is 65.0 cm³/mol. The van der Waals surface area contributed by atoms with Crippen molar-refractivity contribution in [2.45, 2.75) is 6.92 Å². The summed E-state index contributed by atoms with van der Waals surface area (Å²) in [6.07, 6.45) is 1.75. The van der Waals surface area contributed by atoms with Gasteiger partial charge >= 0.3 is 11.9 Å². The zero-order valence-corrected chi connectivity index (χ0v) is 10.2. The van der Waals surface area contributed by atoms with E-state index in [2.05, 4.69) is 16.1 Å². The van der Waals surface area contributed by atoms with E-state index in [-0.39, 0.29) is 11.1 Å². The maximum absolute atomic E-state index is 11.2. The molecule has 0 aliphatic carbocycles. The van der Waals surface area contributed by atoms with Crippen LogP contribution in [0.5, 0.6) is 0 Å². The molecule has 0 N–H and O–H groups in total. The summed E-state index contributed by atoms with van der Waals surface area (Å²) >= 11 is 0. The number of hydrogen-bond donors (Lipinski definition) is 0. The van der Waals surface area contributed by atoms with E-state index in [0.717, 1.165) is 0 Å². The first-order chi connectivity index (χ1) is 8.12. The highest BCUT2D eigenvalue weighted by molar-refractivity contribution is 6.02. The smallest absolute Gasteiger partial charge is 0.338 e. The summed E-state index contributed by atoms with van der Waals surface area (Å²) in [4.78, 5) is 22.4. The van der Waals surface area contributed by atoms with Gasteiger partial charge in [0.25, 0.3) is 0 Å². The number of benzene rings is 1. The van der Waals surface area contributed by atoms with Gasteiger partial charge in [-0.2, -0.15) is 0 Å². The van der Waals surface area contributed by atoms with Gasteiger partial charge in [-0.1, -0.05) is 18.2 Å². The third-order valence-electron chi connectivity index (χ3n) is 1.74. The average molecular weight is 236 g/mol. The van der Waals surface area contributed by atoms with Gasteiger partial charge in [0.2, 0.25) is 0 Å². The molecule has 0 aromatic heterocycles.